The number of aryl methyl sites for hydroxylation is 1. The fourth-order valence-corrected chi connectivity index (χ4v) is 4.15. The molecule has 0 N–H and O–H groups in total. The van der Waals surface area contributed by atoms with E-state index >= 15 is 0 Å². The summed E-state index contributed by atoms with van der Waals surface area (Å²) in [4.78, 5) is 11.4. The minimum Gasteiger partial charge on any atom is -0.407 e. The van der Waals surface area contributed by atoms with E-state index in [0.29, 0.717) is 17.9 Å². The van der Waals surface area contributed by atoms with Crippen molar-refractivity contribution in [3.63, 3.8) is 0 Å². The summed E-state index contributed by atoms with van der Waals surface area (Å²) in [7, 11) is 0. The van der Waals surface area contributed by atoms with E-state index in [1.54, 1.807) is 0 Å². The summed E-state index contributed by atoms with van der Waals surface area (Å²) in [5.74, 6) is 50.6. The van der Waals surface area contributed by atoms with Gasteiger partial charge in [-0.2, -0.15) is 0 Å². The van der Waals surface area contributed by atoms with Crippen molar-refractivity contribution < 1.29 is 9.53 Å². The Kier molecular flexibility index (Phi) is 11.6. The largest absolute Gasteiger partial charge is 0.407 e. The number of carbonyl (C=O) groups excluding carboxylic acids is 1. The van der Waals surface area contributed by atoms with Crippen molar-refractivity contribution in [1.82, 2.24) is 4.57 Å². The number of aldehydes is 1. The highest BCUT2D eigenvalue weighted by Gasteiger charge is 2.12. The van der Waals surface area contributed by atoms with Gasteiger partial charge >= 0.3 is 0 Å². The second-order valence-corrected chi connectivity index (χ2v) is 8.88. The number of terminal acetylenes is 1. The van der Waals surface area contributed by atoms with Gasteiger partial charge in [0, 0.05) is 105 Å². The Morgan fingerprint density at radius 1 is 0.630 bits per heavy atom. The summed E-state index contributed by atoms with van der Waals surface area (Å²) in [5.41, 5.74) is 4.88. The van der Waals surface area contributed by atoms with Crippen LogP contribution in [-0.4, -0.2) is 10.9 Å². The number of nitrogens with zero attached hydrogens (tertiary/aromatic N) is 1. The number of carbonyl (C=O) groups is 1. The second-order valence-electron chi connectivity index (χ2n) is 8.88. The van der Waals surface area contributed by atoms with Crippen molar-refractivity contribution in [3.05, 3.63) is 77.4 Å². The first-order valence-electron chi connectivity index (χ1n) is 13.4. The van der Waals surface area contributed by atoms with E-state index in [1.165, 1.54) is 0 Å². The van der Waals surface area contributed by atoms with Gasteiger partial charge in [0.2, 0.25) is 0 Å². The van der Waals surface area contributed by atoms with Crippen molar-refractivity contribution in [2.45, 2.75) is 13.5 Å². The minimum absolute atomic E-state index is 0.613. The van der Waals surface area contributed by atoms with E-state index in [0.717, 1.165) is 39.2 Å². The lowest BCUT2D eigenvalue weighted by molar-refractivity contribution is 0.112. The van der Waals surface area contributed by atoms with Crippen LogP contribution >= 0.6 is 0 Å². The maximum absolute atomic E-state index is 11.4. The molecule has 3 aromatic carbocycles. The Hall–Kier alpha value is -7.91. The first-order valence-corrected chi connectivity index (χ1v) is 13.4. The SMILES string of the molecule is C#CC#CC#CC#CC#CC#CC#CC#CC#CC#CC#COc1cc(C)cc(Cn2c3ccccc3c3cc(C=O)ccc32)c1. The highest BCUT2D eigenvalue weighted by molar-refractivity contribution is 6.09. The predicted octanol–water partition coefficient (Wildman–Crippen LogP) is 4.97. The third-order valence-electron chi connectivity index (χ3n) is 5.80. The van der Waals surface area contributed by atoms with Crippen LogP contribution in [0.5, 0.6) is 5.75 Å². The summed E-state index contributed by atoms with van der Waals surface area (Å²) in [5, 5.41) is 2.14. The third kappa shape index (κ3) is 9.31. The van der Waals surface area contributed by atoms with Gasteiger partial charge in [0.15, 0.2) is 0 Å². The standard InChI is InChI=1S/C43H17NO2/c1-3-4-5-6-7-8-9-10-11-12-13-14-15-16-17-18-19-20-21-24-29-46-39-31-36(2)30-38(32-39)34-44-42-26-23-22-25-40(42)41-33-37(35-45)27-28-43(41)44/h1,22-23,25-28,30-33,35H,34H2,2H3. The maximum Gasteiger partial charge on any atom is 0.150 e. The topological polar surface area (TPSA) is 31.2 Å². The van der Waals surface area contributed by atoms with E-state index in [4.69, 9.17) is 11.2 Å². The molecule has 0 spiro atoms. The average molecular weight is 580 g/mol. The smallest absolute Gasteiger partial charge is 0.150 e. The fourth-order valence-electron chi connectivity index (χ4n) is 4.15. The zero-order valence-electron chi connectivity index (χ0n) is 24.4. The number of para-hydroxylation sites is 1. The maximum atomic E-state index is 11.4. The molecule has 0 atom stereocenters. The molecule has 4 rings (SSSR count). The molecular weight excluding hydrogens is 562 g/mol. The highest BCUT2D eigenvalue weighted by Crippen LogP contribution is 2.31. The summed E-state index contributed by atoms with van der Waals surface area (Å²) in [6.07, 6.45) is 8.43. The van der Waals surface area contributed by atoms with Crippen molar-refractivity contribution in [2.24, 2.45) is 0 Å². The van der Waals surface area contributed by atoms with Crippen molar-refractivity contribution in [3.8, 4) is 137 Å². The van der Waals surface area contributed by atoms with Gasteiger partial charge in [0.1, 0.15) is 18.1 Å². The van der Waals surface area contributed by atoms with Crippen LogP contribution in [0.15, 0.2) is 60.7 Å². The van der Waals surface area contributed by atoms with E-state index in [9.17, 15) is 4.79 Å². The van der Waals surface area contributed by atoms with Gasteiger partial charge in [0.05, 0.1) is 0 Å². The minimum atomic E-state index is 0.613. The lowest BCUT2D eigenvalue weighted by Gasteiger charge is -2.10. The van der Waals surface area contributed by atoms with Gasteiger partial charge in [-0.3, -0.25) is 4.79 Å². The van der Waals surface area contributed by atoms with Gasteiger partial charge in [-0.1, -0.05) is 24.3 Å². The molecule has 206 valence electrons. The Morgan fingerprint density at radius 3 is 1.76 bits per heavy atom. The summed E-state index contributed by atoms with van der Waals surface area (Å²) < 4.78 is 7.87. The second kappa shape index (κ2) is 17.1. The Labute approximate surface area is 269 Å². The van der Waals surface area contributed by atoms with Crippen LogP contribution in [0.1, 0.15) is 21.5 Å². The fraction of sp³-hybridized carbons (Fsp3) is 0.0465. The van der Waals surface area contributed by atoms with Crippen LogP contribution in [0.25, 0.3) is 21.8 Å². The van der Waals surface area contributed by atoms with Crippen LogP contribution < -0.4 is 4.74 Å². The summed E-state index contributed by atoms with van der Waals surface area (Å²) in [6, 6.07) is 19.9. The normalized spacial score (nSPS) is 7.83. The first-order chi connectivity index (χ1) is 22.7. The number of rotatable bonds is 4. The molecule has 4 aromatic rings. The van der Waals surface area contributed by atoms with Crippen molar-refractivity contribution in [2.75, 3.05) is 0 Å². The van der Waals surface area contributed by atoms with E-state index in [2.05, 4.69) is 147 Å². The quantitative estimate of drug-likeness (QED) is 0.253. The molecule has 0 aliphatic heterocycles. The number of hydrogen-bond donors (Lipinski definition) is 0. The molecule has 0 fully saturated rings. The van der Waals surface area contributed by atoms with Gasteiger partial charge in [-0.05, 0) is 102 Å². The van der Waals surface area contributed by atoms with Gasteiger partial charge in [-0.15, -0.1) is 6.42 Å². The Balaban J connectivity index is 1.34. The van der Waals surface area contributed by atoms with E-state index in [-0.39, 0.29) is 0 Å². The highest BCUT2D eigenvalue weighted by atomic mass is 16.5. The lowest BCUT2D eigenvalue weighted by Crippen LogP contribution is -2.00. The van der Waals surface area contributed by atoms with Crippen LogP contribution in [0, 0.1) is 138 Å². The predicted molar refractivity (Wildman–Crippen MR) is 182 cm³/mol. The molecule has 0 radical (unpaired) electrons. The molecule has 0 aliphatic carbocycles. The van der Waals surface area contributed by atoms with E-state index in [1.807, 2.05) is 49.4 Å². The molecule has 1 heterocycles. The molecule has 0 unspecified atom stereocenters. The van der Waals surface area contributed by atoms with Crippen LogP contribution in [0.2, 0.25) is 0 Å². The van der Waals surface area contributed by atoms with Gasteiger partial charge < -0.3 is 9.30 Å². The Bertz CT molecular complexity index is 2580. The summed E-state index contributed by atoms with van der Waals surface area (Å²) in [6.45, 7) is 2.62. The molecule has 0 bridgehead atoms. The number of benzene rings is 3. The lowest BCUT2D eigenvalue weighted by atomic mass is 10.1. The zero-order valence-corrected chi connectivity index (χ0v) is 24.4. The number of fused-ring (bicyclic) bond motifs is 3. The van der Waals surface area contributed by atoms with Crippen LogP contribution in [-0.2, 0) is 6.54 Å². The molecular formula is C43H17NO2. The zero-order chi connectivity index (χ0) is 32.2. The van der Waals surface area contributed by atoms with Crippen molar-refractivity contribution in [1.29, 1.82) is 0 Å². The van der Waals surface area contributed by atoms with E-state index < -0.39 is 0 Å². The summed E-state index contributed by atoms with van der Waals surface area (Å²) >= 11 is 0. The number of hydrogen-bond acceptors (Lipinski definition) is 2. The first kappa shape index (κ1) is 31.0. The molecule has 3 heteroatoms. The van der Waals surface area contributed by atoms with Gasteiger partial charge in [0.25, 0.3) is 0 Å². The molecule has 0 aliphatic rings. The molecule has 0 saturated heterocycles. The number of aromatic nitrogens is 1. The molecule has 1 aromatic heterocycles. The third-order valence-corrected chi connectivity index (χ3v) is 5.80. The Morgan fingerprint density at radius 2 is 1.17 bits per heavy atom. The van der Waals surface area contributed by atoms with Crippen molar-refractivity contribution >= 4 is 28.1 Å². The molecule has 0 saturated carbocycles. The van der Waals surface area contributed by atoms with Crippen LogP contribution in [0.4, 0.5) is 0 Å². The van der Waals surface area contributed by atoms with Crippen LogP contribution in [0.3, 0.4) is 0 Å². The molecule has 46 heavy (non-hydrogen) atoms. The monoisotopic (exact) mass is 579 g/mol. The molecule has 0 amide bonds. The van der Waals surface area contributed by atoms with Gasteiger partial charge in [-0.25, -0.2) is 0 Å². The molecule has 3 nitrogen and oxygen atoms in total. The number of ether oxygens (including phenoxy) is 1. The average Bonchev–Trinajstić information content (AvgIpc) is 3.37.